The van der Waals surface area contributed by atoms with Crippen LogP contribution in [0.25, 0.3) is 0 Å². The first-order valence-corrected chi connectivity index (χ1v) is 5.31. The molecule has 1 aromatic rings. The van der Waals surface area contributed by atoms with Crippen LogP contribution in [0.5, 0.6) is 11.5 Å². The van der Waals surface area contributed by atoms with Gasteiger partial charge in [0, 0.05) is 18.1 Å². The summed E-state index contributed by atoms with van der Waals surface area (Å²) in [4.78, 5) is 11.7. The van der Waals surface area contributed by atoms with E-state index in [1.54, 1.807) is 6.92 Å². The van der Waals surface area contributed by atoms with E-state index in [9.17, 15) is 14.3 Å². The van der Waals surface area contributed by atoms with Crippen LogP contribution in [-0.4, -0.2) is 23.8 Å². The Balaban J connectivity index is 2.40. The van der Waals surface area contributed by atoms with Gasteiger partial charge >= 0.3 is 5.97 Å². The Labute approximate surface area is 98.0 Å². The lowest BCUT2D eigenvalue weighted by Crippen LogP contribution is -2.43. The molecule has 0 fully saturated rings. The summed E-state index contributed by atoms with van der Waals surface area (Å²) in [7, 11) is 1.28. The number of hydrogen-bond acceptors (Lipinski definition) is 4. The molecule has 1 aliphatic heterocycles. The highest BCUT2D eigenvalue weighted by atomic mass is 19.1. The number of aromatic hydroxyl groups is 1. The highest BCUT2D eigenvalue weighted by Gasteiger charge is 2.46. The van der Waals surface area contributed by atoms with E-state index in [4.69, 9.17) is 9.47 Å². The van der Waals surface area contributed by atoms with Gasteiger partial charge in [0.05, 0.1) is 7.11 Å². The second-order valence-electron chi connectivity index (χ2n) is 4.03. The molecule has 0 spiro atoms. The van der Waals surface area contributed by atoms with Gasteiger partial charge in [-0.2, -0.15) is 0 Å². The second kappa shape index (κ2) is 3.91. The fourth-order valence-electron chi connectivity index (χ4n) is 2.02. The number of benzene rings is 1. The predicted octanol–water partition coefficient (Wildman–Crippen LogP) is 1.79. The number of esters is 1. The van der Waals surface area contributed by atoms with E-state index in [2.05, 4.69) is 0 Å². The van der Waals surface area contributed by atoms with Crippen molar-refractivity contribution in [2.24, 2.45) is 0 Å². The average molecular weight is 240 g/mol. The lowest BCUT2D eigenvalue weighted by atomic mass is 9.94. The summed E-state index contributed by atoms with van der Waals surface area (Å²) in [6, 6.07) is 2.37. The molecular formula is C12H13FO4. The minimum absolute atomic E-state index is 0.277. The highest BCUT2D eigenvalue weighted by Crippen LogP contribution is 2.40. The maximum Gasteiger partial charge on any atom is 0.350 e. The van der Waals surface area contributed by atoms with Gasteiger partial charge in [-0.05, 0) is 12.5 Å². The first kappa shape index (κ1) is 11.7. The Morgan fingerprint density at radius 2 is 2.35 bits per heavy atom. The molecule has 0 bridgehead atoms. The molecule has 2 rings (SSSR count). The molecule has 0 aliphatic carbocycles. The van der Waals surface area contributed by atoms with Crippen molar-refractivity contribution >= 4 is 5.97 Å². The molecular weight excluding hydrogens is 227 g/mol. The average Bonchev–Trinajstić information content (AvgIpc) is 2.68. The van der Waals surface area contributed by atoms with Crippen molar-refractivity contribution in [3.05, 3.63) is 23.5 Å². The van der Waals surface area contributed by atoms with Gasteiger partial charge in [0.25, 0.3) is 0 Å². The molecule has 1 aliphatic rings. The van der Waals surface area contributed by atoms with E-state index in [0.29, 0.717) is 12.0 Å². The molecule has 0 amide bonds. The highest BCUT2D eigenvalue weighted by molar-refractivity contribution is 5.81. The van der Waals surface area contributed by atoms with Gasteiger partial charge in [0.15, 0.2) is 11.6 Å². The van der Waals surface area contributed by atoms with Crippen molar-refractivity contribution in [1.29, 1.82) is 0 Å². The Morgan fingerprint density at radius 1 is 1.65 bits per heavy atom. The third-order valence-electron chi connectivity index (χ3n) is 3.04. The number of phenols is 1. The summed E-state index contributed by atoms with van der Waals surface area (Å²) in [6.45, 7) is 1.79. The molecule has 17 heavy (non-hydrogen) atoms. The Hall–Kier alpha value is -1.78. The van der Waals surface area contributed by atoms with E-state index in [-0.39, 0.29) is 12.2 Å². The molecule has 5 heteroatoms. The van der Waals surface area contributed by atoms with Gasteiger partial charge in [-0.15, -0.1) is 0 Å². The van der Waals surface area contributed by atoms with Crippen molar-refractivity contribution in [3.8, 4) is 11.5 Å². The van der Waals surface area contributed by atoms with Gasteiger partial charge in [-0.1, -0.05) is 6.92 Å². The van der Waals surface area contributed by atoms with Crippen LogP contribution in [0.1, 0.15) is 18.9 Å². The quantitative estimate of drug-likeness (QED) is 0.801. The third-order valence-corrected chi connectivity index (χ3v) is 3.04. The number of ether oxygens (including phenoxy) is 2. The Kier molecular flexibility index (Phi) is 2.69. The number of rotatable bonds is 2. The summed E-state index contributed by atoms with van der Waals surface area (Å²) in [5.41, 5.74) is -0.492. The standard InChI is InChI=1S/C12H13FO4/c1-3-12(11(15)16-2)6-7-4-9(14)8(13)5-10(7)17-12/h4-5,14H,3,6H2,1-2H3. The number of fused-ring (bicyclic) bond motifs is 1. The van der Waals surface area contributed by atoms with Gasteiger partial charge in [0.1, 0.15) is 5.75 Å². The molecule has 1 unspecified atom stereocenters. The normalized spacial score (nSPS) is 21.8. The fraction of sp³-hybridized carbons (Fsp3) is 0.417. The van der Waals surface area contributed by atoms with Crippen molar-refractivity contribution in [2.45, 2.75) is 25.4 Å². The van der Waals surface area contributed by atoms with Crippen LogP contribution in [0.15, 0.2) is 12.1 Å². The molecule has 0 aromatic heterocycles. The summed E-state index contributed by atoms with van der Waals surface area (Å²) < 4.78 is 23.4. The maximum atomic E-state index is 13.2. The van der Waals surface area contributed by atoms with E-state index in [1.165, 1.54) is 13.2 Å². The van der Waals surface area contributed by atoms with Gasteiger partial charge in [-0.25, -0.2) is 9.18 Å². The monoisotopic (exact) mass is 240 g/mol. The van der Waals surface area contributed by atoms with Crippen molar-refractivity contribution in [1.82, 2.24) is 0 Å². The van der Waals surface area contributed by atoms with Crippen LogP contribution >= 0.6 is 0 Å². The molecule has 1 aromatic carbocycles. The Morgan fingerprint density at radius 3 is 2.94 bits per heavy atom. The second-order valence-corrected chi connectivity index (χ2v) is 4.03. The fourth-order valence-corrected chi connectivity index (χ4v) is 2.02. The van der Waals surface area contributed by atoms with E-state index in [1.807, 2.05) is 0 Å². The van der Waals surface area contributed by atoms with Crippen LogP contribution in [-0.2, 0) is 16.0 Å². The number of halogens is 1. The van der Waals surface area contributed by atoms with Gasteiger partial charge < -0.3 is 14.6 Å². The van der Waals surface area contributed by atoms with Crippen molar-refractivity contribution < 1.29 is 23.8 Å². The lowest BCUT2D eigenvalue weighted by Gasteiger charge is -2.23. The largest absolute Gasteiger partial charge is 0.505 e. The molecule has 4 nitrogen and oxygen atoms in total. The van der Waals surface area contributed by atoms with Crippen LogP contribution in [0.4, 0.5) is 4.39 Å². The first-order chi connectivity index (χ1) is 8.02. The predicted molar refractivity (Wildman–Crippen MR) is 57.4 cm³/mol. The van der Waals surface area contributed by atoms with Crippen LogP contribution in [0, 0.1) is 5.82 Å². The lowest BCUT2D eigenvalue weighted by molar-refractivity contribution is -0.157. The zero-order chi connectivity index (χ0) is 12.6. The smallest absolute Gasteiger partial charge is 0.350 e. The van der Waals surface area contributed by atoms with Gasteiger partial charge in [0.2, 0.25) is 5.60 Å². The number of phenolic OH excluding ortho intramolecular Hbond substituents is 1. The number of carbonyl (C=O) groups excluding carboxylic acids is 1. The number of methoxy groups -OCH3 is 1. The summed E-state index contributed by atoms with van der Waals surface area (Å²) >= 11 is 0. The van der Waals surface area contributed by atoms with E-state index >= 15 is 0 Å². The minimum atomic E-state index is -1.10. The summed E-state index contributed by atoms with van der Waals surface area (Å²) in [6.07, 6.45) is 0.691. The minimum Gasteiger partial charge on any atom is -0.505 e. The maximum absolute atomic E-state index is 13.2. The van der Waals surface area contributed by atoms with E-state index in [0.717, 1.165) is 6.07 Å². The molecule has 0 saturated heterocycles. The van der Waals surface area contributed by atoms with Crippen LogP contribution < -0.4 is 4.74 Å². The first-order valence-electron chi connectivity index (χ1n) is 5.31. The topological polar surface area (TPSA) is 55.8 Å². The molecule has 0 saturated carbocycles. The van der Waals surface area contributed by atoms with Crippen molar-refractivity contribution in [2.75, 3.05) is 7.11 Å². The molecule has 1 N–H and O–H groups in total. The SMILES string of the molecule is CCC1(C(=O)OC)Cc2cc(O)c(F)cc2O1. The zero-order valence-electron chi connectivity index (χ0n) is 9.62. The third kappa shape index (κ3) is 1.71. The Bertz CT molecular complexity index is 439. The van der Waals surface area contributed by atoms with Crippen molar-refractivity contribution in [3.63, 3.8) is 0 Å². The molecule has 92 valence electrons. The van der Waals surface area contributed by atoms with Crippen LogP contribution in [0.3, 0.4) is 0 Å². The molecule has 1 atom stereocenters. The van der Waals surface area contributed by atoms with E-state index < -0.39 is 23.1 Å². The molecule has 0 radical (unpaired) electrons. The summed E-state index contributed by atoms with van der Waals surface area (Å²) in [5.74, 6) is -1.41. The molecule has 1 heterocycles. The van der Waals surface area contributed by atoms with Gasteiger partial charge in [-0.3, -0.25) is 0 Å². The zero-order valence-corrected chi connectivity index (χ0v) is 9.62. The van der Waals surface area contributed by atoms with Crippen LogP contribution in [0.2, 0.25) is 0 Å². The summed E-state index contributed by atoms with van der Waals surface area (Å²) in [5, 5.41) is 9.28. The number of hydrogen-bond donors (Lipinski definition) is 1. The number of carbonyl (C=O) groups is 1.